The lowest BCUT2D eigenvalue weighted by Gasteiger charge is -2.18. The number of hydrogen-bond donors (Lipinski definition) is 0. The number of allylic oxidation sites excluding steroid dienone is 1. The van der Waals surface area contributed by atoms with E-state index in [1.54, 1.807) is 5.57 Å². The van der Waals surface area contributed by atoms with E-state index in [9.17, 15) is 0 Å². The molecule has 0 aromatic carbocycles. The molecule has 0 radical (unpaired) electrons. The Morgan fingerprint density at radius 2 is 1.73 bits per heavy atom. The summed E-state index contributed by atoms with van der Waals surface area (Å²) in [4.78, 5) is 6.57. The van der Waals surface area contributed by atoms with Gasteiger partial charge < -0.3 is 4.90 Å². The second-order valence-electron chi connectivity index (χ2n) is 5.43. The van der Waals surface area contributed by atoms with Gasteiger partial charge in [-0.15, -0.1) is 0 Å². The molecule has 2 nitrogen and oxygen atoms in total. The molecule has 0 amide bonds. The Morgan fingerprint density at radius 3 is 2.27 bits per heavy atom. The summed E-state index contributed by atoms with van der Waals surface area (Å²) in [5, 5.41) is 0. The summed E-state index contributed by atoms with van der Waals surface area (Å²) >= 11 is 0. The molecule has 86 valence electrons. The molecular formula is C13H24N2. The average Bonchev–Trinajstić information content (AvgIpc) is 2.15. The van der Waals surface area contributed by atoms with Crippen LogP contribution in [-0.2, 0) is 0 Å². The molecule has 2 heteroatoms. The van der Waals surface area contributed by atoms with E-state index in [0.717, 1.165) is 0 Å². The second kappa shape index (κ2) is 5.34. The molecule has 0 saturated heterocycles. The smallest absolute Gasteiger partial charge is 0.0893 e. The summed E-state index contributed by atoms with van der Waals surface area (Å²) in [7, 11) is 2.07. The van der Waals surface area contributed by atoms with Gasteiger partial charge in [-0.2, -0.15) is 0 Å². The van der Waals surface area contributed by atoms with Crippen molar-refractivity contribution in [3.63, 3.8) is 0 Å². The van der Waals surface area contributed by atoms with Crippen LogP contribution in [0.4, 0.5) is 0 Å². The van der Waals surface area contributed by atoms with Crippen molar-refractivity contribution >= 4 is 6.34 Å². The molecule has 0 spiro atoms. The topological polar surface area (TPSA) is 15.6 Å². The van der Waals surface area contributed by atoms with Gasteiger partial charge in [-0.25, -0.2) is 0 Å². The summed E-state index contributed by atoms with van der Waals surface area (Å²) in [6, 6.07) is 0. The van der Waals surface area contributed by atoms with E-state index in [1.165, 1.54) is 32.1 Å². The van der Waals surface area contributed by atoms with Crippen LogP contribution >= 0.6 is 0 Å². The molecule has 0 atom stereocenters. The molecule has 0 bridgehead atoms. The van der Waals surface area contributed by atoms with Crippen molar-refractivity contribution in [2.75, 3.05) is 7.05 Å². The second-order valence-corrected chi connectivity index (χ2v) is 5.43. The Bertz CT molecular complexity index is 238. The first-order chi connectivity index (χ1) is 6.97. The number of hydrogen-bond acceptors (Lipinski definition) is 1. The number of aliphatic imine (C=N–C) groups is 1. The van der Waals surface area contributed by atoms with Gasteiger partial charge in [0.05, 0.1) is 11.9 Å². The molecule has 1 rings (SSSR count). The molecule has 0 aromatic rings. The molecule has 0 N–H and O–H groups in total. The zero-order valence-electron chi connectivity index (χ0n) is 10.6. The van der Waals surface area contributed by atoms with Crippen LogP contribution < -0.4 is 0 Å². The van der Waals surface area contributed by atoms with E-state index in [4.69, 9.17) is 0 Å². The van der Waals surface area contributed by atoms with Gasteiger partial charge in [-0.3, -0.25) is 4.99 Å². The van der Waals surface area contributed by atoms with E-state index in [0.29, 0.717) is 0 Å². The molecule has 0 heterocycles. The average molecular weight is 208 g/mol. The zero-order chi connectivity index (χ0) is 11.3. The van der Waals surface area contributed by atoms with Crippen molar-refractivity contribution in [2.24, 2.45) is 4.99 Å². The van der Waals surface area contributed by atoms with Crippen LogP contribution in [0.25, 0.3) is 0 Å². The van der Waals surface area contributed by atoms with Gasteiger partial charge in [0.15, 0.2) is 0 Å². The van der Waals surface area contributed by atoms with Gasteiger partial charge in [0, 0.05) is 13.2 Å². The van der Waals surface area contributed by atoms with Crippen LogP contribution in [0.5, 0.6) is 0 Å². The lowest BCUT2D eigenvalue weighted by Crippen LogP contribution is -2.16. The van der Waals surface area contributed by atoms with Gasteiger partial charge in [-0.05, 0) is 46.5 Å². The minimum absolute atomic E-state index is 0.0271. The van der Waals surface area contributed by atoms with E-state index >= 15 is 0 Å². The first-order valence-electron chi connectivity index (χ1n) is 5.94. The summed E-state index contributed by atoms with van der Waals surface area (Å²) < 4.78 is 0. The summed E-state index contributed by atoms with van der Waals surface area (Å²) in [6.07, 6.45) is 10.8. The van der Waals surface area contributed by atoms with Crippen molar-refractivity contribution in [1.82, 2.24) is 4.90 Å². The molecule has 1 aliphatic carbocycles. The Labute approximate surface area is 94.1 Å². The third-order valence-corrected chi connectivity index (χ3v) is 2.51. The van der Waals surface area contributed by atoms with Crippen molar-refractivity contribution < 1.29 is 0 Å². The van der Waals surface area contributed by atoms with E-state index < -0.39 is 0 Å². The maximum atomic E-state index is 4.48. The standard InChI is InChI=1S/C13H24N2/c1-13(2,3)14-11-15(4)10-12-8-6-5-7-9-12/h10-11H,5-9H2,1-4H3. The molecular weight excluding hydrogens is 184 g/mol. The predicted octanol–water partition coefficient (Wildman–Crippen LogP) is 3.59. The highest BCUT2D eigenvalue weighted by Gasteiger charge is 2.07. The third kappa shape index (κ3) is 5.60. The Hall–Kier alpha value is -0.790. The quantitative estimate of drug-likeness (QED) is 0.500. The van der Waals surface area contributed by atoms with Gasteiger partial charge >= 0.3 is 0 Å². The highest BCUT2D eigenvalue weighted by molar-refractivity contribution is 5.56. The largest absolute Gasteiger partial charge is 0.342 e. The molecule has 0 aliphatic heterocycles. The summed E-state index contributed by atoms with van der Waals surface area (Å²) in [5.74, 6) is 0. The molecule has 0 aromatic heterocycles. The van der Waals surface area contributed by atoms with Crippen molar-refractivity contribution in [3.8, 4) is 0 Å². The Kier molecular flexibility index (Phi) is 4.37. The molecule has 0 unspecified atom stereocenters. The van der Waals surface area contributed by atoms with Crippen molar-refractivity contribution in [1.29, 1.82) is 0 Å². The van der Waals surface area contributed by atoms with Crippen LogP contribution in [0.3, 0.4) is 0 Å². The van der Waals surface area contributed by atoms with Crippen molar-refractivity contribution in [2.45, 2.75) is 58.4 Å². The lowest BCUT2D eigenvalue weighted by atomic mass is 9.96. The predicted molar refractivity (Wildman–Crippen MR) is 67.2 cm³/mol. The van der Waals surface area contributed by atoms with E-state index in [-0.39, 0.29) is 5.54 Å². The summed E-state index contributed by atoms with van der Waals surface area (Å²) in [5.41, 5.74) is 1.60. The molecule has 15 heavy (non-hydrogen) atoms. The molecule has 1 fully saturated rings. The summed E-state index contributed by atoms with van der Waals surface area (Å²) in [6.45, 7) is 6.35. The molecule has 1 aliphatic rings. The normalized spacial score (nSPS) is 18.3. The van der Waals surface area contributed by atoms with E-state index in [2.05, 4.69) is 43.9 Å². The third-order valence-electron chi connectivity index (χ3n) is 2.51. The van der Waals surface area contributed by atoms with Gasteiger partial charge in [-0.1, -0.05) is 12.0 Å². The van der Waals surface area contributed by atoms with Crippen LogP contribution in [-0.4, -0.2) is 23.8 Å². The van der Waals surface area contributed by atoms with Crippen molar-refractivity contribution in [3.05, 3.63) is 11.8 Å². The maximum absolute atomic E-state index is 4.48. The highest BCUT2D eigenvalue weighted by Crippen LogP contribution is 2.22. The monoisotopic (exact) mass is 208 g/mol. The van der Waals surface area contributed by atoms with Gasteiger partial charge in [0.2, 0.25) is 0 Å². The molecule has 1 saturated carbocycles. The fourth-order valence-electron chi connectivity index (χ4n) is 1.72. The van der Waals surface area contributed by atoms with Crippen LogP contribution in [0, 0.1) is 0 Å². The minimum atomic E-state index is 0.0271. The minimum Gasteiger partial charge on any atom is -0.342 e. The van der Waals surface area contributed by atoms with E-state index in [1.807, 2.05) is 6.34 Å². The highest BCUT2D eigenvalue weighted by atomic mass is 15.1. The van der Waals surface area contributed by atoms with Gasteiger partial charge in [0.25, 0.3) is 0 Å². The van der Waals surface area contributed by atoms with Crippen LogP contribution in [0.15, 0.2) is 16.8 Å². The lowest BCUT2D eigenvalue weighted by molar-refractivity contribution is 0.558. The fraction of sp³-hybridized carbons (Fsp3) is 0.769. The Balaban J connectivity index is 2.46. The maximum Gasteiger partial charge on any atom is 0.0893 e. The first kappa shape index (κ1) is 12.3. The van der Waals surface area contributed by atoms with Gasteiger partial charge in [0.1, 0.15) is 0 Å². The zero-order valence-corrected chi connectivity index (χ0v) is 10.6. The Morgan fingerprint density at radius 1 is 1.13 bits per heavy atom. The van der Waals surface area contributed by atoms with Crippen LogP contribution in [0.2, 0.25) is 0 Å². The number of nitrogens with zero attached hydrogens (tertiary/aromatic N) is 2. The van der Waals surface area contributed by atoms with Crippen LogP contribution in [0.1, 0.15) is 52.9 Å². The first-order valence-corrected chi connectivity index (χ1v) is 5.94. The number of rotatable bonds is 2. The fourth-order valence-corrected chi connectivity index (χ4v) is 1.72. The SMILES string of the molecule is CN(C=NC(C)(C)C)C=C1CCCCC1.